The first-order chi connectivity index (χ1) is 8.19. The molecule has 0 aliphatic heterocycles. The van der Waals surface area contributed by atoms with E-state index in [-0.39, 0.29) is 11.4 Å². The summed E-state index contributed by atoms with van der Waals surface area (Å²) in [6.45, 7) is 5.36. The molecule has 1 amide bonds. The average molecular weight is 364 g/mol. The highest BCUT2D eigenvalue weighted by Crippen LogP contribution is 2.28. The Kier molecular flexibility index (Phi) is 4.49. The summed E-state index contributed by atoms with van der Waals surface area (Å²) in [5.74, 6) is -0.0674. The number of nitro benzene ring substituents is 1. The van der Waals surface area contributed by atoms with Crippen LogP contribution in [0.4, 0.5) is 10.5 Å². The summed E-state index contributed by atoms with van der Waals surface area (Å²) in [6.07, 6.45) is -0.716. The van der Waals surface area contributed by atoms with Gasteiger partial charge in [-0.25, -0.2) is 4.79 Å². The Labute approximate surface area is 118 Å². The molecule has 0 unspecified atom stereocenters. The lowest BCUT2D eigenvalue weighted by Gasteiger charge is -2.19. The molecule has 6 nitrogen and oxygen atoms in total. The number of nitrogens with zero attached hydrogens (tertiary/aromatic N) is 1. The van der Waals surface area contributed by atoms with Crippen LogP contribution in [0.1, 0.15) is 20.8 Å². The molecule has 0 spiro atoms. The molecule has 7 heteroatoms. The topological polar surface area (TPSA) is 81.5 Å². The van der Waals surface area contributed by atoms with Gasteiger partial charge >= 0.3 is 11.8 Å². The van der Waals surface area contributed by atoms with Gasteiger partial charge in [0.15, 0.2) is 0 Å². The largest absolute Gasteiger partial charge is 0.413 e. The molecule has 0 saturated heterocycles. The molecule has 1 aromatic rings. The number of nitrogens with one attached hydrogen (secondary N) is 1. The summed E-state index contributed by atoms with van der Waals surface area (Å²) in [5.41, 5.74) is -0.694. The molecular formula is C11H13IN2O4. The van der Waals surface area contributed by atoms with Gasteiger partial charge in [0.05, 0.1) is 4.92 Å². The number of benzene rings is 1. The van der Waals surface area contributed by atoms with Crippen molar-refractivity contribution in [1.82, 2.24) is 5.32 Å². The van der Waals surface area contributed by atoms with Gasteiger partial charge in [-0.1, -0.05) is 0 Å². The van der Waals surface area contributed by atoms with Crippen LogP contribution in [0.3, 0.4) is 0 Å². The fourth-order valence-electron chi connectivity index (χ4n) is 1.15. The van der Waals surface area contributed by atoms with Crippen molar-refractivity contribution in [2.75, 3.05) is 0 Å². The summed E-state index contributed by atoms with van der Waals surface area (Å²) < 4.78 is 5.64. The Bertz CT molecular complexity index is 482. The van der Waals surface area contributed by atoms with Gasteiger partial charge in [-0.3, -0.25) is 10.1 Å². The highest BCUT2D eigenvalue weighted by atomic mass is 127. The van der Waals surface area contributed by atoms with Crippen LogP contribution in [0.25, 0.3) is 0 Å². The Hall–Kier alpha value is -1.38. The van der Waals surface area contributed by atoms with Crippen LogP contribution in [-0.2, 0) is 0 Å². The number of ether oxygens (including phenoxy) is 1. The maximum Gasteiger partial charge on any atom is 0.413 e. The van der Waals surface area contributed by atoms with E-state index in [9.17, 15) is 14.9 Å². The number of rotatable bonds is 2. The third-order valence-corrected chi connectivity index (χ3v) is 2.47. The predicted octanol–water partition coefficient (Wildman–Crippen LogP) is 3.09. The molecule has 0 heterocycles. The fraction of sp³-hybridized carbons (Fsp3) is 0.364. The van der Waals surface area contributed by atoms with Gasteiger partial charge in [0.1, 0.15) is 0 Å². The minimum absolute atomic E-state index is 0.0674. The van der Waals surface area contributed by atoms with Crippen LogP contribution in [0.2, 0.25) is 0 Å². The van der Waals surface area contributed by atoms with Crippen molar-refractivity contribution < 1.29 is 14.5 Å². The van der Waals surface area contributed by atoms with E-state index in [4.69, 9.17) is 4.74 Å². The van der Waals surface area contributed by atoms with Crippen LogP contribution in [0.5, 0.6) is 5.75 Å². The van der Waals surface area contributed by atoms with Crippen molar-refractivity contribution in [3.63, 3.8) is 0 Å². The van der Waals surface area contributed by atoms with Gasteiger partial charge in [-0.05, 0) is 55.5 Å². The van der Waals surface area contributed by atoms with E-state index in [2.05, 4.69) is 5.32 Å². The number of halogens is 1. The molecular weight excluding hydrogens is 351 g/mol. The zero-order valence-electron chi connectivity index (χ0n) is 10.2. The number of nitro groups is 1. The Morgan fingerprint density at radius 3 is 2.56 bits per heavy atom. The SMILES string of the molecule is CC(C)(C)NC(=O)Oc1ccc(I)cc1[N+](=O)[O-]. The first-order valence-electron chi connectivity index (χ1n) is 5.13. The molecule has 0 bridgehead atoms. The molecule has 0 aromatic heterocycles. The van der Waals surface area contributed by atoms with Crippen LogP contribution in [0, 0.1) is 13.7 Å². The summed E-state index contributed by atoms with van der Waals surface area (Å²) >= 11 is 1.95. The average Bonchev–Trinajstić information content (AvgIpc) is 2.17. The molecule has 0 aliphatic carbocycles. The van der Waals surface area contributed by atoms with Gasteiger partial charge in [-0.15, -0.1) is 0 Å². The maximum atomic E-state index is 11.5. The molecule has 1 rings (SSSR count). The monoisotopic (exact) mass is 364 g/mol. The van der Waals surface area contributed by atoms with E-state index in [1.165, 1.54) is 12.1 Å². The van der Waals surface area contributed by atoms with E-state index < -0.39 is 16.6 Å². The van der Waals surface area contributed by atoms with Crippen molar-refractivity contribution in [2.45, 2.75) is 26.3 Å². The third-order valence-electron chi connectivity index (χ3n) is 1.80. The fourth-order valence-corrected chi connectivity index (χ4v) is 1.63. The lowest BCUT2D eigenvalue weighted by atomic mass is 10.1. The second-order valence-electron chi connectivity index (χ2n) is 4.63. The normalized spacial score (nSPS) is 10.9. The van der Waals surface area contributed by atoms with Crippen molar-refractivity contribution in [3.05, 3.63) is 31.9 Å². The van der Waals surface area contributed by atoms with Gasteiger partial charge < -0.3 is 10.1 Å². The predicted molar refractivity (Wildman–Crippen MR) is 74.7 cm³/mol. The van der Waals surface area contributed by atoms with Gasteiger partial charge in [0, 0.05) is 15.2 Å². The van der Waals surface area contributed by atoms with E-state index >= 15 is 0 Å². The van der Waals surface area contributed by atoms with Crippen molar-refractivity contribution >= 4 is 34.4 Å². The Balaban J connectivity index is 2.91. The minimum atomic E-state index is -0.716. The first-order valence-corrected chi connectivity index (χ1v) is 6.21. The molecule has 1 N–H and O–H groups in total. The van der Waals surface area contributed by atoms with Crippen molar-refractivity contribution in [1.29, 1.82) is 0 Å². The number of hydrogen-bond donors (Lipinski definition) is 1. The van der Waals surface area contributed by atoms with E-state index in [1.54, 1.807) is 26.8 Å². The highest BCUT2D eigenvalue weighted by Gasteiger charge is 2.21. The number of hydrogen-bond acceptors (Lipinski definition) is 4. The third kappa shape index (κ3) is 4.47. The smallest absolute Gasteiger partial charge is 0.403 e. The van der Waals surface area contributed by atoms with Crippen LogP contribution in [0.15, 0.2) is 18.2 Å². The molecule has 18 heavy (non-hydrogen) atoms. The summed E-state index contributed by atoms with van der Waals surface area (Å²) in [7, 11) is 0. The van der Waals surface area contributed by atoms with Crippen LogP contribution >= 0.6 is 22.6 Å². The lowest BCUT2D eigenvalue weighted by molar-refractivity contribution is -0.385. The second-order valence-corrected chi connectivity index (χ2v) is 5.88. The molecule has 1 aromatic carbocycles. The van der Waals surface area contributed by atoms with E-state index in [0.29, 0.717) is 3.57 Å². The lowest BCUT2D eigenvalue weighted by Crippen LogP contribution is -2.42. The second kappa shape index (κ2) is 5.51. The Morgan fingerprint density at radius 2 is 2.06 bits per heavy atom. The number of carbonyl (C=O) groups is 1. The zero-order chi connectivity index (χ0) is 13.9. The quantitative estimate of drug-likeness (QED) is 0.497. The van der Waals surface area contributed by atoms with Gasteiger partial charge in [0.2, 0.25) is 5.75 Å². The van der Waals surface area contributed by atoms with Crippen LogP contribution in [-0.4, -0.2) is 16.6 Å². The first kappa shape index (κ1) is 14.7. The zero-order valence-corrected chi connectivity index (χ0v) is 12.3. The van der Waals surface area contributed by atoms with Gasteiger partial charge in [-0.2, -0.15) is 0 Å². The molecule has 0 fully saturated rings. The molecule has 0 atom stereocenters. The van der Waals surface area contributed by atoms with E-state index in [0.717, 1.165) is 0 Å². The highest BCUT2D eigenvalue weighted by molar-refractivity contribution is 14.1. The molecule has 98 valence electrons. The standard InChI is InChI=1S/C11H13IN2O4/c1-11(2,3)13-10(15)18-9-5-4-7(12)6-8(9)14(16)17/h4-6H,1-3H3,(H,13,15). The van der Waals surface area contributed by atoms with Gasteiger partial charge in [0.25, 0.3) is 0 Å². The Morgan fingerprint density at radius 1 is 1.44 bits per heavy atom. The van der Waals surface area contributed by atoms with Crippen LogP contribution < -0.4 is 10.1 Å². The molecule has 0 saturated carbocycles. The summed E-state index contributed by atoms with van der Waals surface area (Å²) in [4.78, 5) is 21.8. The van der Waals surface area contributed by atoms with Crippen molar-refractivity contribution in [2.24, 2.45) is 0 Å². The maximum absolute atomic E-state index is 11.5. The summed E-state index contributed by atoms with van der Waals surface area (Å²) in [5, 5.41) is 13.4. The minimum Gasteiger partial charge on any atom is -0.403 e. The molecule has 0 aliphatic rings. The molecule has 0 radical (unpaired) electrons. The summed E-state index contributed by atoms with van der Waals surface area (Å²) in [6, 6.07) is 4.38. The van der Waals surface area contributed by atoms with Crippen molar-refractivity contribution in [3.8, 4) is 5.75 Å². The van der Waals surface area contributed by atoms with E-state index in [1.807, 2.05) is 22.6 Å². The number of carbonyl (C=O) groups excluding carboxylic acids is 1. The number of amides is 1.